The van der Waals surface area contributed by atoms with Crippen molar-refractivity contribution in [3.05, 3.63) is 40.7 Å². The molecule has 6 heteroatoms. The highest BCUT2D eigenvalue weighted by Crippen LogP contribution is 2.27. The normalized spacial score (nSPS) is 10.6. The fourth-order valence-corrected chi connectivity index (χ4v) is 2.87. The van der Waals surface area contributed by atoms with Gasteiger partial charge >= 0.3 is 0 Å². The molecule has 0 saturated heterocycles. The number of hydrogen-bond acceptors (Lipinski definition) is 3. The van der Waals surface area contributed by atoms with E-state index in [4.69, 9.17) is 11.6 Å². The van der Waals surface area contributed by atoms with Gasteiger partial charge in [-0.2, -0.15) is 5.10 Å². The highest BCUT2D eigenvalue weighted by molar-refractivity contribution is 8.00. The van der Waals surface area contributed by atoms with Gasteiger partial charge in [0.15, 0.2) is 0 Å². The van der Waals surface area contributed by atoms with Crippen molar-refractivity contribution in [1.82, 2.24) is 9.78 Å². The molecule has 1 aromatic carbocycles. The molecule has 0 aliphatic rings. The third-order valence-corrected chi connectivity index (χ3v) is 4.48. The Kier molecular flexibility index (Phi) is 4.73. The standard InChI is InChI=1S/C14H16ClN3OS/c1-9-14(10(2)18(3)17-9)16-13(19)8-20-12-7-5-4-6-11(12)15/h4-7H,8H2,1-3H3,(H,16,19). The molecule has 0 bridgehead atoms. The number of rotatable bonds is 4. The number of halogens is 1. The molecule has 0 fully saturated rings. The number of aryl methyl sites for hydroxylation is 2. The molecule has 0 aliphatic carbocycles. The van der Waals surface area contributed by atoms with Crippen molar-refractivity contribution in [3.63, 3.8) is 0 Å². The van der Waals surface area contributed by atoms with Crippen LogP contribution in [0.2, 0.25) is 5.02 Å². The number of amides is 1. The SMILES string of the molecule is Cc1nn(C)c(C)c1NC(=O)CSc1ccccc1Cl. The van der Waals surface area contributed by atoms with Crippen molar-refractivity contribution in [2.24, 2.45) is 7.05 Å². The third kappa shape index (κ3) is 3.35. The quantitative estimate of drug-likeness (QED) is 0.880. The van der Waals surface area contributed by atoms with E-state index >= 15 is 0 Å². The van der Waals surface area contributed by atoms with Crippen LogP contribution in [0, 0.1) is 13.8 Å². The lowest BCUT2D eigenvalue weighted by Gasteiger charge is -2.06. The Bertz CT molecular complexity index is 639. The summed E-state index contributed by atoms with van der Waals surface area (Å²) >= 11 is 7.48. The number of anilines is 1. The monoisotopic (exact) mass is 309 g/mol. The Hall–Kier alpha value is -1.46. The minimum absolute atomic E-state index is 0.0610. The van der Waals surface area contributed by atoms with Gasteiger partial charge in [0.1, 0.15) is 0 Å². The van der Waals surface area contributed by atoms with Gasteiger partial charge in [0.2, 0.25) is 5.91 Å². The second-order valence-corrected chi connectivity index (χ2v) is 5.86. The van der Waals surface area contributed by atoms with Crippen LogP contribution in [0.5, 0.6) is 0 Å². The fraction of sp³-hybridized carbons (Fsp3) is 0.286. The Morgan fingerprint density at radius 3 is 2.70 bits per heavy atom. The summed E-state index contributed by atoms with van der Waals surface area (Å²) in [6.45, 7) is 3.81. The van der Waals surface area contributed by atoms with Crippen LogP contribution >= 0.6 is 23.4 Å². The Morgan fingerprint density at radius 2 is 2.10 bits per heavy atom. The van der Waals surface area contributed by atoms with E-state index < -0.39 is 0 Å². The van der Waals surface area contributed by atoms with E-state index in [1.54, 1.807) is 4.68 Å². The first-order valence-corrected chi connectivity index (χ1v) is 7.52. The molecule has 0 aliphatic heterocycles. The number of hydrogen-bond donors (Lipinski definition) is 1. The molecule has 1 aromatic heterocycles. The Balaban J connectivity index is 1.98. The summed E-state index contributed by atoms with van der Waals surface area (Å²) < 4.78 is 1.76. The largest absolute Gasteiger partial charge is 0.322 e. The minimum Gasteiger partial charge on any atom is -0.322 e. The molecular formula is C14H16ClN3OS. The van der Waals surface area contributed by atoms with E-state index in [1.165, 1.54) is 11.8 Å². The second kappa shape index (κ2) is 6.33. The summed E-state index contributed by atoms with van der Waals surface area (Å²) in [5.74, 6) is 0.256. The molecule has 0 unspecified atom stereocenters. The van der Waals surface area contributed by atoms with Crippen molar-refractivity contribution in [2.45, 2.75) is 18.7 Å². The van der Waals surface area contributed by atoms with Crippen LogP contribution in [0.15, 0.2) is 29.2 Å². The van der Waals surface area contributed by atoms with Crippen LogP contribution in [-0.4, -0.2) is 21.4 Å². The molecule has 0 spiro atoms. The molecule has 1 heterocycles. The lowest BCUT2D eigenvalue weighted by molar-refractivity contribution is -0.113. The van der Waals surface area contributed by atoms with E-state index in [-0.39, 0.29) is 5.91 Å². The first-order valence-electron chi connectivity index (χ1n) is 6.16. The van der Waals surface area contributed by atoms with E-state index in [0.717, 1.165) is 22.0 Å². The van der Waals surface area contributed by atoms with E-state index in [0.29, 0.717) is 10.8 Å². The number of aromatic nitrogens is 2. The summed E-state index contributed by atoms with van der Waals surface area (Å²) in [5.41, 5.74) is 2.55. The summed E-state index contributed by atoms with van der Waals surface area (Å²) in [6, 6.07) is 7.49. The van der Waals surface area contributed by atoms with Crippen LogP contribution in [-0.2, 0) is 11.8 Å². The van der Waals surface area contributed by atoms with Gasteiger partial charge in [0.25, 0.3) is 0 Å². The predicted molar refractivity (Wildman–Crippen MR) is 83.5 cm³/mol. The summed E-state index contributed by atoms with van der Waals surface area (Å²) in [7, 11) is 1.86. The molecule has 4 nitrogen and oxygen atoms in total. The van der Waals surface area contributed by atoms with Crippen molar-refractivity contribution < 1.29 is 4.79 Å². The van der Waals surface area contributed by atoms with Gasteiger partial charge in [-0.1, -0.05) is 23.7 Å². The maximum atomic E-state index is 12.0. The number of nitrogens with zero attached hydrogens (tertiary/aromatic N) is 2. The van der Waals surface area contributed by atoms with Crippen molar-refractivity contribution >= 4 is 35.0 Å². The molecule has 0 atom stereocenters. The lowest BCUT2D eigenvalue weighted by atomic mass is 10.3. The molecule has 2 rings (SSSR count). The maximum Gasteiger partial charge on any atom is 0.234 e. The summed E-state index contributed by atoms with van der Waals surface area (Å²) in [5, 5.41) is 7.84. The highest BCUT2D eigenvalue weighted by atomic mass is 35.5. The molecule has 1 N–H and O–H groups in total. The van der Waals surface area contributed by atoms with Crippen LogP contribution in [0.25, 0.3) is 0 Å². The van der Waals surface area contributed by atoms with Gasteiger partial charge in [-0.3, -0.25) is 9.48 Å². The highest BCUT2D eigenvalue weighted by Gasteiger charge is 2.13. The van der Waals surface area contributed by atoms with Crippen molar-refractivity contribution in [3.8, 4) is 0 Å². The zero-order valence-corrected chi connectivity index (χ0v) is 13.2. The molecule has 0 saturated carbocycles. The average molecular weight is 310 g/mol. The molecule has 1 amide bonds. The summed E-state index contributed by atoms with van der Waals surface area (Å²) in [6.07, 6.45) is 0. The van der Waals surface area contributed by atoms with E-state index in [1.807, 2.05) is 45.2 Å². The Labute approximate surface area is 127 Å². The van der Waals surface area contributed by atoms with Crippen molar-refractivity contribution in [2.75, 3.05) is 11.1 Å². The molecular weight excluding hydrogens is 294 g/mol. The van der Waals surface area contributed by atoms with E-state index in [9.17, 15) is 4.79 Å². The van der Waals surface area contributed by atoms with Gasteiger partial charge in [-0.15, -0.1) is 11.8 Å². The zero-order chi connectivity index (χ0) is 14.7. The van der Waals surface area contributed by atoms with E-state index in [2.05, 4.69) is 10.4 Å². The maximum absolute atomic E-state index is 12.0. The molecule has 106 valence electrons. The van der Waals surface area contributed by atoms with Crippen LogP contribution in [0.1, 0.15) is 11.4 Å². The average Bonchev–Trinajstić information content (AvgIpc) is 2.64. The second-order valence-electron chi connectivity index (χ2n) is 4.44. The Morgan fingerprint density at radius 1 is 1.40 bits per heavy atom. The predicted octanol–water partition coefficient (Wildman–Crippen LogP) is 3.42. The van der Waals surface area contributed by atoms with Crippen LogP contribution < -0.4 is 5.32 Å². The fourth-order valence-electron chi connectivity index (χ4n) is 1.84. The number of thioether (sulfide) groups is 1. The smallest absolute Gasteiger partial charge is 0.234 e. The first kappa shape index (κ1) is 14.9. The third-order valence-electron chi connectivity index (χ3n) is 2.97. The van der Waals surface area contributed by atoms with Gasteiger partial charge in [0, 0.05) is 11.9 Å². The van der Waals surface area contributed by atoms with Gasteiger partial charge in [-0.05, 0) is 26.0 Å². The van der Waals surface area contributed by atoms with Gasteiger partial charge in [0.05, 0.1) is 27.9 Å². The van der Waals surface area contributed by atoms with Crippen molar-refractivity contribution in [1.29, 1.82) is 0 Å². The lowest BCUT2D eigenvalue weighted by Crippen LogP contribution is -2.15. The number of nitrogens with one attached hydrogen (secondary N) is 1. The van der Waals surface area contributed by atoms with Crippen LogP contribution in [0.3, 0.4) is 0 Å². The first-order chi connectivity index (χ1) is 9.49. The minimum atomic E-state index is -0.0610. The zero-order valence-electron chi connectivity index (χ0n) is 11.6. The number of benzene rings is 1. The van der Waals surface area contributed by atoms with Gasteiger partial charge < -0.3 is 5.32 Å². The van der Waals surface area contributed by atoms with Gasteiger partial charge in [-0.25, -0.2) is 0 Å². The molecule has 0 radical (unpaired) electrons. The molecule has 2 aromatic rings. The molecule has 20 heavy (non-hydrogen) atoms. The van der Waals surface area contributed by atoms with Crippen LogP contribution in [0.4, 0.5) is 5.69 Å². The topological polar surface area (TPSA) is 46.9 Å². The number of carbonyl (C=O) groups is 1. The number of carbonyl (C=O) groups excluding carboxylic acids is 1. The summed E-state index contributed by atoms with van der Waals surface area (Å²) in [4.78, 5) is 12.9.